The molecule has 0 amide bonds. The fourth-order valence-electron chi connectivity index (χ4n) is 12.1. The number of aromatic nitrogens is 1. The average molecular weight is 879 g/mol. The van der Waals surface area contributed by atoms with Gasteiger partial charge in [-0.2, -0.15) is 0 Å². The molecule has 324 valence electrons. The molecule has 0 aliphatic heterocycles. The standard InChI is InChI=1S/C67H46N2/c1-2-15-45(16-3-1)46-29-37-50(38-30-46)68(51-39-31-47(32-40-51)48-33-41-53(42-34-48)69-64-27-12-7-19-57(64)58-20-8-13-28-65(58)69)52-43-35-49(36-44-52)54-22-14-26-63-66(54)59-21-6-11-25-62(59)67(63)60-23-9-4-17-55(60)56-18-5-10-24-61(56)67/h2,4-44H,1,3H2. The number of para-hydroxylation sites is 2. The smallest absolute Gasteiger partial charge is 0.0725 e. The zero-order valence-corrected chi connectivity index (χ0v) is 38.1. The van der Waals surface area contributed by atoms with Crippen molar-refractivity contribution < 1.29 is 0 Å². The highest BCUT2D eigenvalue weighted by Crippen LogP contribution is 2.64. The van der Waals surface area contributed by atoms with Gasteiger partial charge in [-0.25, -0.2) is 0 Å². The average Bonchev–Trinajstić information content (AvgIpc) is 4.04. The second-order valence-electron chi connectivity index (χ2n) is 18.6. The Balaban J connectivity index is 0.841. The summed E-state index contributed by atoms with van der Waals surface area (Å²) in [5.41, 5.74) is 24.6. The van der Waals surface area contributed by atoms with E-state index in [1.165, 1.54) is 99.7 Å². The molecule has 1 heterocycles. The molecule has 0 bridgehead atoms. The zero-order valence-electron chi connectivity index (χ0n) is 38.1. The van der Waals surface area contributed by atoms with Crippen molar-refractivity contribution in [2.24, 2.45) is 0 Å². The van der Waals surface area contributed by atoms with Gasteiger partial charge in [0, 0.05) is 33.5 Å². The van der Waals surface area contributed by atoms with Crippen molar-refractivity contribution in [3.05, 3.63) is 283 Å². The van der Waals surface area contributed by atoms with E-state index in [2.05, 4.69) is 264 Å². The molecule has 1 spiro atoms. The van der Waals surface area contributed by atoms with Gasteiger partial charge in [-0.15, -0.1) is 0 Å². The summed E-state index contributed by atoms with van der Waals surface area (Å²) in [6.07, 6.45) is 9.08. The minimum atomic E-state index is -0.373. The molecule has 11 aromatic rings. The summed E-state index contributed by atoms with van der Waals surface area (Å²) >= 11 is 0. The van der Waals surface area contributed by atoms with E-state index in [0.29, 0.717) is 0 Å². The van der Waals surface area contributed by atoms with Crippen LogP contribution >= 0.6 is 0 Å². The molecule has 0 fully saturated rings. The second-order valence-corrected chi connectivity index (χ2v) is 18.6. The van der Waals surface area contributed by atoms with Gasteiger partial charge in [-0.3, -0.25) is 0 Å². The fourth-order valence-corrected chi connectivity index (χ4v) is 12.1. The first-order chi connectivity index (χ1) is 34.2. The van der Waals surface area contributed by atoms with Gasteiger partial charge < -0.3 is 9.47 Å². The third-order valence-corrected chi connectivity index (χ3v) is 15.1. The van der Waals surface area contributed by atoms with Crippen LogP contribution in [-0.2, 0) is 5.41 Å². The molecule has 0 atom stereocenters. The fraction of sp³-hybridized carbons (Fsp3) is 0.0448. The minimum absolute atomic E-state index is 0.373. The summed E-state index contributed by atoms with van der Waals surface area (Å²) < 4.78 is 2.38. The molecule has 2 heteroatoms. The van der Waals surface area contributed by atoms with E-state index >= 15 is 0 Å². The van der Waals surface area contributed by atoms with Crippen LogP contribution in [0.15, 0.2) is 255 Å². The van der Waals surface area contributed by atoms with Crippen LogP contribution in [0.2, 0.25) is 0 Å². The maximum atomic E-state index is 2.39. The van der Waals surface area contributed by atoms with Crippen LogP contribution < -0.4 is 4.90 Å². The summed E-state index contributed by atoms with van der Waals surface area (Å²) in [4.78, 5) is 2.39. The van der Waals surface area contributed by atoms with Crippen molar-refractivity contribution in [3.63, 3.8) is 0 Å². The highest BCUT2D eigenvalue weighted by atomic mass is 15.1. The molecule has 0 saturated carbocycles. The Labute approximate surface area is 403 Å². The van der Waals surface area contributed by atoms with Gasteiger partial charge in [0.2, 0.25) is 0 Å². The van der Waals surface area contributed by atoms with Crippen LogP contribution in [0.4, 0.5) is 17.1 Å². The SMILES string of the molecule is C1=CC(c2ccc(N(c3ccc(-c4ccc(-n5c6ccccc6c6ccccc65)cc4)cc3)c3ccc(-c4cccc5c4-c4ccccc4C54c5ccccc5-c5ccccc54)cc3)cc2)=CCC1. The summed E-state index contributed by atoms with van der Waals surface area (Å²) in [5, 5.41) is 2.54. The molecule has 0 saturated heterocycles. The topological polar surface area (TPSA) is 8.17 Å². The van der Waals surface area contributed by atoms with Crippen LogP contribution in [0.25, 0.3) is 77.6 Å². The molecule has 1 aromatic heterocycles. The first-order valence-corrected chi connectivity index (χ1v) is 24.2. The molecular formula is C67H46N2. The Bertz CT molecular complexity index is 3770. The van der Waals surface area contributed by atoms with E-state index in [-0.39, 0.29) is 5.41 Å². The summed E-state index contributed by atoms with van der Waals surface area (Å²) in [6, 6.07) is 87.9. The van der Waals surface area contributed by atoms with Gasteiger partial charge in [-0.1, -0.05) is 194 Å². The maximum absolute atomic E-state index is 2.39. The van der Waals surface area contributed by atoms with Crippen molar-refractivity contribution in [3.8, 4) is 50.2 Å². The van der Waals surface area contributed by atoms with Crippen LogP contribution in [-0.4, -0.2) is 4.57 Å². The molecule has 10 aromatic carbocycles. The van der Waals surface area contributed by atoms with Crippen molar-refractivity contribution in [1.29, 1.82) is 0 Å². The van der Waals surface area contributed by atoms with Gasteiger partial charge in [0.25, 0.3) is 0 Å². The van der Waals surface area contributed by atoms with Crippen LogP contribution in [0, 0.1) is 0 Å². The second kappa shape index (κ2) is 15.7. The van der Waals surface area contributed by atoms with Crippen LogP contribution in [0.1, 0.15) is 40.7 Å². The maximum Gasteiger partial charge on any atom is 0.0725 e. The number of benzene rings is 10. The Morgan fingerprint density at radius 1 is 0.348 bits per heavy atom. The lowest BCUT2D eigenvalue weighted by Crippen LogP contribution is -2.25. The molecular weight excluding hydrogens is 833 g/mol. The predicted octanol–water partition coefficient (Wildman–Crippen LogP) is 17.7. The molecule has 3 aliphatic carbocycles. The minimum Gasteiger partial charge on any atom is -0.311 e. The lowest BCUT2D eigenvalue weighted by Gasteiger charge is -2.30. The largest absolute Gasteiger partial charge is 0.311 e. The molecule has 0 radical (unpaired) electrons. The number of nitrogens with zero attached hydrogens (tertiary/aromatic N) is 2. The van der Waals surface area contributed by atoms with Crippen molar-refractivity contribution in [2.75, 3.05) is 4.90 Å². The van der Waals surface area contributed by atoms with Crippen molar-refractivity contribution in [1.82, 2.24) is 4.57 Å². The molecule has 0 N–H and O–H groups in total. The monoisotopic (exact) mass is 878 g/mol. The molecule has 2 nitrogen and oxygen atoms in total. The highest BCUT2D eigenvalue weighted by Gasteiger charge is 2.52. The third-order valence-electron chi connectivity index (χ3n) is 15.1. The van der Waals surface area contributed by atoms with E-state index in [4.69, 9.17) is 0 Å². The summed E-state index contributed by atoms with van der Waals surface area (Å²) in [6.45, 7) is 0. The Kier molecular flexibility index (Phi) is 8.97. The predicted molar refractivity (Wildman–Crippen MR) is 289 cm³/mol. The van der Waals surface area contributed by atoms with E-state index in [0.717, 1.165) is 35.6 Å². The number of anilines is 3. The van der Waals surface area contributed by atoms with Crippen molar-refractivity contribution in [2.45, 2.75) is 18.3 Å². The first-order valence-electron chi connectivity index (χ1n) is 24.2. The number of rotatable bonds is 7. The molecule has 0 unspecified atom stereocenters. The number of fused-ring (bicyclic) bond motifs is 13. The highest BCUT2D eigenvalue weighted by molar-refractivity contribution is 6.09. The third kappa shape index (κ3) is 5.98. The molecule has 14 rings (SSSR count). The van der Waals surface area contributed by atoms with Crippen molar-refractivity contribution >= 4 is 44.4 Å². The summed E-state index contributed by atoms with van der Waals surface area (Å²) in [7, 11) is 0. The number of hydrogen-bond acceptors (Lipinski definition) is 1. The summed E-state index contributed by atoms with van der Waals surface area (Å²) in [5.74, 6) is 0. The number of allylic oxidation sites excluding steroid dienone is 4. The first kappa shape index (κ1) is 39.4. The lowest BCUT2D eigenvalue weighted by molar-refractivity contribution is 0.794. The quantitative estimate of drug-likeness (QED) is 0.155. The van der Waals surface area contributed by atoms with E-state index in [9.17, 15) is 0 Å². The van der Waals surface area contributed by atoms with Crippen LogP contribution in [0.3, 0.4) is 0 Å². The lowest BCUT2D eigenvalue weighted by atomic mass is 9.70. The molecule has 3 aliphatic rings. The van der Waals surface area contributed by atoms with Gasteiger partial charge >= 0.3 is 0 Å². The normalized spacial score (nSPS) is 13.8. The molecule has 69 heavy (non-hydrogen) atoms. The van der Waals surface area contributed by atoms with E-state index in [1.54, 1.807) is 0 Å². The van der Waals surface area contributed by atoms with E-state index < -0.39 is 0 Å². The Morgan fingerprint density at radius 2 is 0.797 bits per heavy atom. The Morgan fingerprint density at radius 3 is 1.36 bits per heavy atom. The van der Waals surface area contributed by atoms with E-state index in [1.807, 2.05) is 0 Å². The number of hydrogen-bond donors (Lipinski definition) is 0. The van der Waals surface area contributed by atoms with Gasteiger partial charge in [-0.05, 0) is 151 Å². The van der Waals surface area contributed by atoms with Gasteiger partial charge in [0.1, 0.15) is 0 Å². The van der Waals surface area contributed by atoms with Gasteiger partial charge in [0.15, 0.2) is 0 Å². The Hall–Kier alpha value is -8.72. The van der Waals surface area contributed by atoms with Gasteiger partial charge in [0.05, 0.1) is 16.4 Å². The zero-order chi connectivity index (χ0) is 45.5. The van der Waals surface area contributed by atoms with Crippen LogP contribution in [0.5, 0.6) is 0 Å².